The Kier molecular flexibility index (Phi) is 3.32. The van der Waals surface area contributed by atoms with Gasteiger partial charge in [-0.1, -0.05) is 6.08 Å². The lowest BCUT2D eigenvalue weighted by Gasteiger charge is -2.24. The Balaban J connectivity index is 2.29. The molecule has 1 saturated carbocycles. The summed E-state index contributed by atoms with van der Waals surface area (Å²) in [5.41, 5.74) is 0. The molecule has 0 bridgehead atoms. The Morgan fingerprint density at radius 3 is 2.33 bits per heavy atom. The van der Waals surface area contributed by atoms with Crippen LogP contribution in [0.25, 0.3) is 0 Å². The van der Waals surface area contributed by atoms with E-state index in [-0.39, 0.29) is 5.92 Å². The number of allylic oxidation sites excluding steroid dienone is 1. The van der Waals surface area contributed by atoms with Gasteiger partial charge in [0, 0.05) is 0 Å². The first-order chi connectivity index (χ1) is 5.74. The quantitative estimate of drug-likeness (QED) is 0.594. The molecular weight excluding hydrogens is 152 g/mol. The van der Waals surface area contributed by atoms with E-state index in [1.54, 1.807) is 0 Å². The smallest absolute Gasteiger partial charge is 0.247 e. The Morgan fingerprint density at radius 2 is 1.92 bits per heavy atom. The SMILES string of the molecule is C=CCC1CCC(C([O])=O)CC1. The van der Waals surface area contributed by atoms with Gasteiger partial charge in [0.25, 0.3) is 0 Å². The van der Waals surface area contributed by atoms with Crippen LogP contribution in [0.2, 0.25) is 0 Å². The predicted molar refractivity (Wildman–Crippen MR) is 46.0 cm³/mol. The Labute approximate surface area is 73.3 Å². The molecule has 0 saturated heterocycles. The minimum atomic E-state index is -0.868. The van der Waals surface area contributed by atoms with Gasteiger partial charge in [-0.2, -0.15) is 0 Å². The van der Waals surface area contributed by atoms with Crippen LogP contribution in [-0.4, -0.2) is 5.97 Å². The molecule has 1 fully saturated rings. The highest BCUT2D eigenvalue weighted by atomic mass is 16.4. The number of rotatable bonds is 3. The minimum absolute atomic E-state index is 0.189. The van der Waals surface area contributed by atoms with E-state index in [2.05, 4.69) is 6.58 Å². The van der Waals surface area contributed by atoms with Crippen LogP contribution >= 0.6 is 0 Å². The largest absolute Gasteiger partial charge is 0.358 e. The zero-order valence-electron chi connectivity index (χ0n) is 7.29. The van der Waals surface area contributed by atoms with Crippen molar-refractivity contribution >= 4 is 5.97 Å². The van der Waals surface area contributed by atoms with Crippen LogP contribution in [0.1, 0.15) is 32.1 Å². The summed E-state index contributed by atoms with van der Waals surface area (Å²) in [7, 11) is 0. The first-order valence-corrected chi connectivity index (χ1v) is 4.55. The maximum Gasteiger partial charge on any atom is 0.358 e. The summed E-state index contributed by atoms with van der Waals surface area (Å²) in [4.78, 5) is 10.5. The second-order valence-corrected chi connectivity index (χ2v) is 3.56. The number of carbonyl (C=O) groups is 1. The lowest BCUT2D eigenvalue weighted by atomic mass is 9.81. The van der Waals surface area contributed by atoms with E-state index in [1.807, 2.05) is 6.08 Å². The third kappa shape index (κ3) is 2.36. The molecule has 2 nitrogen and oxygen atoms in total. The topological polar surface area (TPSA) is 37.0 Å². The van der Waals surface area contributed by atoms with Gasteiger partial charge in [0.05, 0.1) is 5.92 Å². The van der Waals surface area contributed by atoms with E-state index in [9.17, 15) is 9.90 Å². The van der Waals surface area contributed by atoms with Gasteiger partial charge in [-0.15, -0.1) is 6.58 Å². The standard InChI is InChI=1S/C10H15O2/c1-2-3-8-4-6-9(7-5-8)10(11)12/h2,8-9H,1,3-7H2. The van der Waals surface area contributed by atoms with E-state index in [4.69, 9.17) is 0 Å². The van der Waals surface area contributed by atoms with Crippen molar-refractivity contribution in [3.63, 3.8) is 0 Å². The molecule has 0 amide bonds. The molecule has 12 heavy (non-hydrogen) atoms. The summed E-state index contributed by atoms with van der Waals surface area (Å²) in [6.45, 7) is 3.68. The molecule has 0 heterocycles. The fourth-order valence-electron chi connectivity index (χ4n) is 1.87. The van der Waals surface area contributed by atoms with Crippen molar-refractivity contribution in [2.24, 2.45) is 11.8 Å². The Hall–Kier alpha value is -0.790. The zero-order valence-corrected chi connectivity index (χ0v) is 7.29. The van der Waals surface area contributed by atoms with Crippen LogP contribution in [0.3, 0.4) is 0 Å². The van der Waals surface area contributed by atoms with Gasteiger partial charge < -0.3 is 0 Å². The van der Waals surface area contributed by atoms with Gasteiger partial charge in [-0.3, -0.25) is 0 Å². The van der Waals surface area contributed by atoms with Gasteiger partial charge in [0.2, 0.25) is 0 Å². The van der Waals surface area contributed by atoms with Crippen LogP contribution < -0.4 is 0 Å². The Morgan fingerprint density at radius 1 is 1.33 bits per heavy atom. The van der Waals surface area contributed by atoms with Crippen molar-refractivity contribution in [2.75, 3.05) is 0 Å². The fourth-order valence-corrected chi connectivity index (χ4v) is 1.87. The first-order valence-electron chi connectivity index (χ1n) is 4.55. The van der Waals surface area contributed by atoms with E-state index in [0.29, 0.717) is 5.92 Å². The maximum atomic E-state index is 10.5. The fraction of sp³-hybridized carbons (Fsp3) is 0.700. The second-order valence-electron chi connectivity index (χ2n) is 3.56. The lowest BCUT2D eigenvalue weighted by Crippen LogP contribution is -2.20. The summed E-state index contributed by atoms with van der Waals surface area (Å²) in [5.74, 6) is -0.392. The Bertz CT molecular complexity index is 167. The summed E-state index contributed by atoms with van der Waals surface area (Å²) in [6, 6.07) is 0. The third-order valence-corrected chi connectivity index (χ3v) is 2.68. The molecule has 1 aliphatic rings. The van der Waals surface area contributed by atoms with Crippen LogP contribution in [-0.2, 0) is 9.90 Å². The molecule has 0 spiro atoms. The molecule has 1 aliphatic carbocycles. The minimum Gasteiger partial charge on any atom is -0.247 e. The van der Waals surface area contributed by atoms with E-state index in [0.717, 1.165) is 32.1 Å². The second kappa shape index (κ2) is 4.29. The van der Waals surface area contributed by atoms with E-state index >= 15 is 0 Å². The van der Waals surface area contributed by atoms with Gasteiger partial charge in [0.1, 0.15) is 0 Å². The third-order valence-electron chi connectivity index (χ3n) is 2.68. The molecule has 2 heteroatoms. The van der Waals surface area contributed by atoms with Crippen molar-refractivity contribution in [3.8, 4) is 0 Å². The monoisotopic (exact) mass is 167 g/mol. The van der Waals surface area contributed by atoms with Crippen LogP contribution in [0.5, 0.6) is 0 Å². The van der Waals surface area contributed by atoms with Crippen molar-refractivity contribution in [1.29, 1.82) is 0 Å². The van der Waals surface area contributed by atoms with Crippen molar-refractivity contribution in [3.05, 3.63) is 12.7 Å². The first kappa shape index (κ1) is 9.30. The van der Waals surface area contributed by atoms with E-state index < -0.39 is 5.97 Å². The molecule has 0 aromatic heterocycles. The average molecular weight is 167 g/mol. The van der Waals surface area contributed by atoms with Gasteiger partial charge in [-0.05, 0) is 38.0 Å². The highest BCUT2D eigenvalue weighted by molar-refractivity contribution is 5.69. The highest BCUT2D eigenvalue weighted by Gasteiger charge is 2.26. The van der Waals surface area contributed by atoms with Crippen LogP contribution in [0.4, 0.5) is 0 Å². The molecule has 0 aliphatic heterocycles. The average Bonchev–Trinajstić information content (AvgIpc) is 2.06. The van der Waals surface area contributed by atoms with Crippen molar-refractivity contribution in [1.82, 2.24) is 0 Å². The van der Waals surface area contributed by atoms with Crippen molar-refractivity contribution in [2.45, 2.75) is 32.1 Å². The normalized spacial score (nSPS) is 29.7. The summed E-state index contributed by atoms with van der Waals surface area (Å²) < 4.78 is 0. The summed E-state index contributed by atoms with van der Waals surface area (Å²) >= 11 is 0. The van der Waals surface area contributed by atoms with Gasteiger partial charge in [-0.25, -0.2) is 9.90 Å². The maximum absolute atomic E-state index is 10.5. The molecule has 0 aromatic carbocycles. The van der Waals surface area contributed by atoms with Crippen LogP contribution in [0.15, 0.2) is 12.7 Å². The van der Waals surface area contributed by atoms with Crippen LogP contribution in [0, 0.1) is 11.8 Å². The summed E-state index contributed by atoms with van der Waals surface area (Å²) in [6.07, 6.45) is 6.57. The highest BCUT2D eigenvalue weighted by Crippen LogP contribution is 2.30. The molecule has 0 unspecified atom stereocenters. The molecule has 67 valence electrons. The summed E-state index contributed by atoms with van der Waals surface area (Å²) in [5, 5.41) is 10.5. The molecular formula is C10H15O2. The molecule has 0 atom stereocenters. The molecule has 1 rings (SSSR count). The number of carbonyl (C=O) groups excluding carboxylic acids is 1. The lowest BCUT2D eigenvalue weighted by molar-refractivity contribution is -0.149. The number of hydrogen-bond acceptors (Lipinski definition) is 1. The molecule has 0 aromatic rings. The molecule has 0 N–H and O–H groups in total. The molecule has 1 radical (unpaired) electrons. The van der Waals surface area contributed by atoms with E-state index in [1.165, 1.54) is 0 Å². The van der Waals surface area contributed by atoms with Crippen molar-refractivity contribution < 1.29 is 9.90 Å². The van der Waals surface area contributed by atoms with Gasteiger partial charge >= 0.3 is 5.97 Å². The van der Waals surface area contributed by atoms with Gasteiger partial charge in [0.15, 0.2) is 0 Å². The number of hydrogen-bond donors (Lipinski definition) is 0. The zero-order chi connectivity index (χ0) is 8.97. The predicted octanol–water partition coefficient (Wildman–Crippen LogP) is 2.33.